The summed E-state index contributed by atoms with van der Waals surface area (Å²) in [6.07, 6.45) is 1.60. The number of nitrogens with zero attached hydrogens (tertiary/aromatic N) is 4. The van der Waals surface area contributed by atoms with Gasteiger partial charge in [-0.15, -0.1) is 0 Å². The summed E-state index contributed by atoms with van der Waals surface area (Å²) >= 11 is 0. The Bertz CT molecular complexity index is 436. The molecule has 0 bridgehead atoms. The molecule has 0 aliphatic rings. The summed E-state index contributed by atoms with van der Waals surface area (Å²) in [5.74, 6) is 1.39. The van der Waals surface area contributed by atoms with E-state index in [1.54, 1.807) is 6.20 Å². The fourth-order valence-corrected chi connectivity index (χ4v) is 1.26. The molecule has 2 aromatic rings. The van der Waals surface area contributed by atoms with Crippen LogP contribution >= 0.6 is 0 Å². The van der Waals surface area contributed by atoms with Crippen molar-refractivity contribution in [2.45, 2.75) is 13.8 Å². The lowest BCUT2D eigenvalue weighted by atomic mass is 10.3. The van der Waals surface area contributed by atoms with Gasteiger partial charge in [0.1, 0.15) is 11.5 Å². The predicted octanol–water partition coefficient (Wildman–Crippen LogP) is 1.00. The Morgan fingerprint density at radius 2 is 2.27 bits per heavy atom. The Labute approximate surface area is 87.2 Å². The SMILES string of the molecule is CCNc1cc(C)nc(-c2cn[nH]n2)n1. The molecule has 6 nitrogen and oxygen atoms in total. The summed E-state index contributed by atoms with van der Waals surface area (Å²) in [4.78, 5) is 8.61. The minimum absolute atomic E-state index is 0.583. The van der Waals surface area contributed by atoms with Gasteiger partial charge in [-0.1, -0.05) is 0 Å². The average molecular weight is 204 g/mol. The van der Waals surface area contributed by atoms with Crippen molar-refractivity contribution in [2.75, 3.05) is 11.9 Å². The molecular weight excluding hydrogens is 192 g/mol. The number of H-pyrrole nitrogens is 1. The first-order chi connectivity index (χ1) is 7.29. The molecular formula is C9H12N6. The summed E-state index contributed by atoms with van der Waals surface area (Å²) in [7, 11) is 0. The highest BCUT2D eigenvalue weighted by atomic mass is 15.3. The van der Waals surface area contributed by atoms with E-state index in [-0.39, 0.29) is 0 Å². The van der Waals surface area contributed by atoms with Crippen LogP contribution in [-0.4, -0.2) is 31.9 Å². The Kier molecular flexibility index (Phi) is 2.57. The highest BCUT2D eigenvalue weighted by Crippen LogP contribution is 2.13. The van der Waals surface area contributed by atoms with Gasteiger partial charge in [0.05, 0.1) is 6.20 Å². The molecule has 78 valence electrons. The second-order valence-electron chi connectivity index (χ2n) is 3.10. The Hall–Kier alpha value is -1.98. The van der Waals surface area contributed by atoms with Crippen LogP contribution < -0.4 is 5.32 Å². The zero-order valence-electron chi connectivity index (χ0n) is 8.65. The van der Waals surface area contributed by atoms with Gasteiger partial charge in [-0.2, -0.15) is 15.4 Å². The van der Waals surface area contributed by atoms with Gasteiger partial charge in [-0.25, -0.2) is 9.97 Å². The third-order valence-electron chi connectivity index (χ3n) is 1.86. The molecule has 0 aliphatic carbocycles. The smallest absolute Gasteiger partial charge is 0.183 e. The van der Waals surface area contributed by atoms with Crippen LogP contribution in [0.5, 0.6) is 0 Å². The van der Waals surface area contributed by atoms with E-state index in [0.29, 0.717) is 11.5 Å². The molecule has 0 saturated carbocycles. The molecule has 0 aromatic carbocycles. The van der Waals surface area contributed by atoms with E-state index in [1.165, 1.54) is 0 Å². The van der Waals surface area contributed by atoms with E-state index in [4.69, 9.17) is 0 Å². The highest BCUT2D eigenvalue weighted by Gasteiger charge is 2.06. The average Bonchev–Trinajstić information content (AvgIpc) is 2.70. The van der Waals surface area contributed by atoms with Gasteiger partial charge in [0.25, 0.3) is 0 Å². The van der Waals surface area contributed by atoms with Crippen molar-refractivity contribution in [3.8, 4) is 11.5 Å². The number of aromatic amines is 1. The van der Waals surface area contributed by atoms with Crippen LogP contribution in [0.4, 0.5) is 5.82 Å². The molecule has 2 rings (SSSR count). The second kappa shape index (κ2) is 4.04. The summed E-state index contributed by atoms with van der Waals surface area (Å²) in [6.45, 7) is 4.77. The summed E-state index contributed by atoms with van der Waals surface area (Å²) in [5.41, 5.74) is 1.55. The molecule has 0 spiro atoms. The van der Waals surface area contributed by atoms with Crippen molar-refractivity contribution in [3.63, 3.8) is 0 Å². The topological polar surface area (TPSA) is 79.4 Å². The largest absolute Gasteiger partial charge is 0.370 e. The molecule has 0 saturated heterocycles. The third kappa shape index (κ3) is 2.09. The van der Waals surface area contributed by atoms with Crippen LogP contribution in [0, 0.1) is 6.92 Å². The maximum absolute atomic E-state index is 4.32. The van der Waals surface area contributed by atoms with Crippen molar-refractivity contribution in [3.05, 3.63) is 18.0 Å². The van der Waals surface area contributed by atoms with E-state index < -0.39 is 0 Å². The number of nitrogens with one attached hydrogen (secondary N) is 2. The van der Waals surface area contributed by atoms with Gasteiger partial charge >= 0.3 is 0 Å². The minimum Gasteiger partial charge on any atom is -0.370 e. The fourth-order valence-electron chi connectivity index (χ4n) is 1.26. The van der Waals surface area contributed by atoms with Crippen LogP contribution in [0.1, 0.15) is 12.6 Å². The summed E-state index contributed by atoms with van der Waals surface area (Å²) in [5, 5.41) is 13.3. The van der Waals surface area contributed by atoms with Crippen LogP contribution in [-0.2, 0) is 0 Å². The van der Waals surface area contributed by atoms with Crippen LogP contribution in [0.2, 0.25) is 0 Å². The van der Waals surface area contributed by atoms with E-state index >= 15 is 0 Å². The molecule has 0 aliphatic heterocycles. The van der Waals surface area contributed by atoms with Crippen molar-refractivity contribution < 1.29 is 0 Å². The Morgan fingerprint density at radius 1 is 1.40 bits per heavy atom. The van der Waals surface area contributed by atoms with Gasteiger partial charge in [0.15, 0.2) is 5.82 Å². The standard InChI is InChI=1S/C9H12N6/c1-3-10-8-4-6(2)12-9(13-8)7-5-11-15-14-7/h4-5H,3H2,1-2H3,(H,10,12,13)(H,11,14,15). The minimum atomic E-state index is 0.583. The zero-order valence-corrected chi connectivity index (χ0v) is 8.65. The van der Waals surface area contributed by atoms with Crippen molar-refractivity contribution >= 4 is 5.82 Å². The normalized spacial score (nSPS) is 10.3. The van der Waals surface area contributed by atoms with Gasteiger partial charge in [-0.05, 0) is 13.8 Å². The number of rotatable bonds is 3. The fraction of sp³-hybridized carbons (Fsp3) is 0.333. The molecule has 15 heavy (non-hydrogen) atoms. The first-order valence-corrected chi connectivity index (χ1v) is 4.75. The summed E-state index contributed by atoms with van der Waals surface area (Å²) in [6, 6.07) is 1.90. The number of hydrogen-bond acceptors (Lipinski definition) is 5. The first-order valence-electron chi connectivity index (χ1n) is 4.75. The van der Waals surface area contributed by atoms with Crippen molar-refractivity contribution in [1.82, 2.24) is 25.4 Å². The van der Waals surface area contributed by atoms with Gasteiger partial charge < -0.3 is 5.32 Å². The molecule has 2 aromatic heterocycles. The van der Waals surface area contributed by atoms with Crippen LogP contribution in [0.15, 0.2) is 12.3 Å². The Balaban J connectivity index is 2.40. The number of hydrogen-bond donors (Lipinski definition) is 2. The van der Waals surface area contributed by atoms with Gasteiger partial charge in [0, 0.05) is 18.3 Å². The Morgan fingerprint density at radius 3 is 2.93 bits per heavy atom. The van der Waals surface area contributed by atoms with Crippen molar-refractivity contribution in [1.29, 1.82) is 0 Å². The predicted molar refractivity (Wildman–Crippen MR) is 56.3 cm³/mol. The van der Waals surface area contributed by atoms with E-state index in [0.717, 1.165) is 18.1 Å². The lowest BCUT2D eigenvalue weighted by Crippen LogP contribution is -2.02. The molecule has 6 heteroatoms. The summed E-state index contributed by atoms with van der Waals surface area (Å²) < 4.78 is 0. The molecule has 0 radical (unpaired) electrons. The molecule has 0 fully saturated rings. The third-order valence-corrected chi connectivity index (χ3v) is 1.86. The monoisotopic (exact) mass is 204 g/mol. The maximum atomic E-state index is 4.32. The number of aryl methyl sites for hydroxylation is 1. The quantitative estimate of drug-likeness (QED) is 0.779. The molecule has 2 N–H and O–H groups in total. The molecule has 0 unspecified atom stereocenters. The van der Waals surface area contributed by atoms with Gasteiger partial charge in [0.2, 0.25) is 0 Å². The lowest BCUT2D eigenvalue weighted by Gasteiger charge is -2.04. The highest BCUT2D eigenvalue weighted by molar-refractivity contribution is 5.51. The van der Waals surface area contributed by atoms with Crippen LogP contribution in [0.25, 0.3) is 11.5 Å². The van der Waals surface area contributed by atoms with E-state index in [1.807, 2.05) is 19.9 Å². The van der Waals surface area contributed by atoms with Crippen LogP contribution in [0.3, 0.4) is 0 Å². The van der Waals surface area contributed by atoms with E-state index in [9.17, 15) is 0 Å². The van der Waals surface area contributed by atoms with E-state index in [2.05, 4.69) is 30.7 Å². The number of anilines is 1. The lowest BCUT2D eigenvalue weighted by molar-refractivity contribution is 0.937. The first kappa shape index (κ1) is 9.57. The second-order valence-corrected chi connectivity index (χ2v) is 3.10. The van der Waals surface area contributed by atoms with Gasteiger partial charge in [-0.3, -0.25) is 0 Å². The van der Waals surface area contributed by atoms with Crippen molar-refractivity contribution in [2.24, 2.45) is 0 Å². The number of aromatic nitrogens is 5. The molecule has 2 heterocycles. The molecule has 0 amide bonds. The maximum Gasteiger partial charge on any atom is 0.183 e. The zero-order chi connectivity index (χ0) is 10.7. The molecule has 0 atom stereocenters.